The summed E-state index contributed by atoms with van der Waals surface area (Å²) < 4.78 is 0. The smallest absolute Gasteiger partial charge is 0.0726 e. The molecule has 62 heavy (non-hydrogen) atoms. The summed E-state index contributed by atoms with van der Waals surface area (Å²) >= 11 is 0. The Morgan fingerprint density at radius 2 is 0.935 bits per heavy atom. The first-order valence-electron chi connectivity index (χ1n) is 22.9. The minimum Gasteiger partial charge on any atom is -0.310 e. The lowest BCUT2D eigenvalue weighted by Crippen LogP contribution is -2.35. The molecule has 8 aromatic rings. The normalized spacial score (nSPS) is 16.7. The van der Waals surface area contributed by atoms with Crippen molar-refractivity contribution in [2.45, 2.75) is 82.5 Å². The van der Waals surface area contributed by atoms with E-state index in [2.05, 4.69) is 209 Å². The minimum absolute atomic E-state index is 0.0206. The molecule has 0 aromatic heterocycles. The molecule has 0 saturated carbocycles. The number of nitrogens with zero attached hydrogens (tertiary/aromatic N) is 1. The van der Waals surface area contributed by atoms with E-state index in [4.69, 9.17) is 0 Å². The summed E-state index contributed by atoms with van der Waals surface area (Å²) in [6, 6.07) is 67.5. The van der Waals surface area contributed by atoms with Crippen molar-refractivity contribution < 1.29 is 0 Å². The fraction of sp³-hybridized carbons (Fsp3) is 0.213. The van der Waals surface area contributed by atoms with Crippen LogP contribution in [0.15, 0.2) is 176 Å². The highest BCUT2D eigenvalue weighted by Gasteiger charge is 2.52. The molecule has 0 aliphatic heterocycles. The molecular formula is C61H53N. The molecule has 0 unspecified atom stereocenters. The quantitative estimate of drug-likeness (QED) is 0.168. The van der Waals surface area contributed by atoms with Crippen molar-refractivity contribution in [3.05, 3.63) is 220 Å². The maximum atomic E-state index is 2.68. The van der Waals surface area contributed by atoms with Crippen LogP contribution in [0.5, 0.6) is 0 Å². The zero-order valence-electron chi connectivity index (χ0n) is 36.4. The third-order valence-corrected chi connectivity index (χ3v) is 15.3. The largest absolute Gasteiger partial charge is 0.310 e. The van der Waals surface area contributed by atoms with Crippen molar-refractivity contribution in [1.29, 1.82) is 0 Å². The van der Waals surface area contributed by atoms with Crippen LogP contribution >= 0.6 is 0 Å². The molecule has 1 heteroatoms. The van der Waals surface area contributed by atoms with E-state index < -0.39 is 5.41 Å². The van der Waals surface area contributed by atoms with Gasteiger partial charge in [-0.2, -0.15) is 0 Å². The molecule has 1 spiro atoms. The number of hydrogen-bond acceptors (Lipinski definition) is 1. The maximum absolute atomic E-state index is 2.68. The van der Waals surface area contributed by atoms with Crippen LogP contribution in [0.2, 0.25) is 0 Å². The van der Waals surface area contributed by atoms with Crippen LogP contribution in [0.4, 0.5) is 17.1 Å². The van der Waals surface area contributed by atoms with E-state index in [9.17, 15) is 0 Å². The predicted octanol–water partition coefficient (Wildman–Crippen LogP) is 16.1. The molecule has 8 aromatic carbocycles. The Balaban J connectivity index is 1.22. The summed E-state index contributed by atoms with van der Waals surface area (Å²) in [5.74, 6) is 0. The Morgan fingerprint density at radius 1 is 0.387 bits per heavy atom. The van der Waals surface area contributed by atoms with Gasteiger partial charge in [0, 0.05) is 11.3 Å². The molecule has 0 amide bonds. The van der Waals surface area contributed by atoms with Crippen molar-refractivity contribution >= 4 is 17.1 Å². The van der Waals surface area contributed by atoms with Gasteiger partial charge in [-0.3, -0.25) is 0 Å². The second-order valence-corrected chi connectivity index (χ2v) is 19.7. The Hall–Kier alpha value is -6.44. The Kier molecular flexibility index (Phi) is 8.30. The maximum Gasteiger partial charge on any atom is 0.0726 e. The van der Waals surface area contributed by atoms with Gasteiger partial charge in [-0.25, -0.2) is 0 Å². The van der Waals surface area contributed by atoms with Gasteiger partial charge in [-0.15, -0.1) is 0 Å². The highest BCUT2D eigenvalue weighted by atomic mass is 15.1. The van der Waals surface area contributed by atoms with Gasteiger partial charge in [0.15, 0.2) is 0 Å². The van der Waals surface area contributed by atoms with Crippen LogP contribution in [0.3, 0.4) is 0 Å². The zero-order chi connectivity index (χ0) is 41.8. The topological polar surface area (TPSA) is 3.24 Å². The molecule has 0 saturated heterocycles. The van der Waals surface area contributed by atoms with E-state index >= 15 is 0 Å². The molecule has 0 atom stereocenters. The SMILES string of the molecule is CC1(C)CCC(C)(C)c2c(N(c3ccc(-c4ccccc4)cc3)c3cc4c(cc3-c3cccc5c3CCCC5)-c3ccccc3C43c4ccccc4-c4ccccc43)cccc21. The Morgan fingerprint density at radius 3 is 1.63 bits per heavy atom. The third kappa shape index (κ3) is 5.33. The van der Waals surface area contributed by atoms with Gasteiger partial charge in [0.05, 0.1) is 16.8 Å². The van der Waals surface area contributed by atoms with Crippen LogP contribution in [-0.4, -0.2) is 0 Å². The molecule has 0 bridgehead atoms. The Bertz CT molecular complexity index is 3030. The molecule has 0 fully saturated rings. The first kappa shape index (κ1) is 37.3. The molecule has 12 rings (SSSR count). The van der Waals surface area contributed by atoms with Gasteiger partial charge in [-0.1, -0.05) is 173 Å². The average molecular weight is 800 g/mol. The third-order valence-electron chi connectivity index (χ3n) is 15.3. The highest BCUT2D eigenvalue weighted by Crippen LogP contribution is 2.65. The molecule has 0 N–H and O–H groups in total. The van der Waals surface area contributed by atoms with E-state index in [1.54, 1.807) is 0 Å². The lowest BCUT2D eigenvalue weighted by atomic mass is 9.62. The van der Waals surface area contributed by atoms with Crippen molar-refractivity contribution in [2.75, 3.05) is 4.90 Å². The first-order valence-corrected chi connectivity index (χ1v) is 22.9. The van der Waals surface area contributed by atoms with Crippen molar-refractivity contribution in [3.63, 3.8) is 0 Å². The standard InChI is InChI=1S/C61H53N/c1-59(2)36-37-60(3,4)58-54(59)30-17-31-56(58)62(43-34-32-41(33-35-43)40-18-6-5-7-19-40)57-39-55-49(38-50(57)45-26-16-21-42-20-8-9-22-44(42)45)48-25-12-15-29-53(48)61(55)51-27-13-10-23-46(51)47-24-11-14-28-52(47)61/h5-7,10-19,21,23-35,38-39H,8-9,20,22,36-37H2,1-4H3. The lowest BCUT2D eigenvalue weighted by molar-refractivity contribution is 0.332. The minimum atomic E-state index is -0.456. The molecule has 1 nitrogen and oxygen atoms in total. The summed E-state index contributed by atoms with van der Waals surface area (Å²) in [7, 11) is 0. The number of anilines is 3. The molecule has 0 radical (unpaired) electrons. The fourth-order valence-corrected chi connectivity index (χ4v) is 12.3. The lowest BCUT2D eigenvalue weighted by Gasteiger charge is -2.45. The molecule has 4 aliphatic carbocycles. The van der Waals surface area contributed by atoms with Crippen LogP contribution in [0.25, 0.3) is 44.5 Å². The van der Waals surface area contributed by atoms with E-state index in [1.807, 2.05) is 0 Å². The number of benzene rings is 8. The number of aryl methyl sites for hydroxylation is 1. The molecular weight excluding hydrogens is 747 g/mol. The molecule has 0 heterocycles. The second kappa shape index (κ2) is 13.8. The van der Waals surface area contributed by atoms with Crippen LogP contribution < -0.4 is 4.90 Å². The fourth-order valence-electron chi connectivity index (χ4n) is 12.3. The number of rotatable bonds is 5. The highest BCUT2D eigenvalue weighted by molar-refractivity contribution is 6.01. The summed E-state index contributed by atoms with van der Waals surface area (Å²) in [6.07, 6.45) is 7.04. The van der Waals surface area contributed by atoms with Crippen molar-refractivity contribution in [2.24, 2.45) is 0 Å². The average Bonchev–Trinajstić information content (AvgIpc) is 3.77. The van der Waals surface area contributed by atoms with E-state index in [-0.39, 0.29) is 10.8 Å². The second-order valence-electron chi connectivity index (χ2n) is 19.7. The van der Waals surface area contributed by atoms with Crippen molar-refractivity contribution in [3.8, 4) is 44.5 Å². The Labute approximate surface area is 367 Å². The van der Waals surface area contributed by atoms with Gasteiger partial charge in [0.1, 0.15) is 0 Å². The zero-order valence-corrected chi connectivity index (χ0v) is 36.4. The summed E-state index contributed by atoms with van der Waals surface area (Å²) in [5.41, 5.74) is 25.3. The van der Waals surface area contributed by atoms with E-state index in [1.165, 1.54) is 125 Å². The first-order chi connectivity index (χ1) is 30.3. The van der Waals surface area contributed by atoms with E-state index in [0.717, 1.165) is 19.3 Å². The van der Waals surface area contributed by atoms with Crippen LogP contribution in [0, 0.1) is 0 Å². The van der Waals surface area contributed by atoms with Gasteiger partial charge < -0.3 is 4.90 Å². The summed E-state index contributed by atoms with van der Waals surface area (Å²) in [5, 5.41) is 0. The van der Waals surface area contributed by atoms with Gasteiger partial charge in [0.25, 0.3) is 0 Å². The predicted molar refractivity (Wildman–Crippen MR) is 260 cm³/mol. The van der Waals surface area contributed by atoms with E-state index in [0.29, 0.717) is 0 Å². The number of hydrogen-bond donors (Lipinski definition) is 0. The summed E-state index contributed by atoms with van der Waals surface area (Å²) in [4.78, 5) is 2.68. The van der Waals surface area contributed by atoms with Crippen molar-refractivity contribution in [1.82, 2.24) is 0 Å². The molecule has 4 aliphatic rings. The van der Waals surface area contributed by atoms with Gasteiger partial charge in [0.2, 0.25) is 0 Å². The summed E-state index contributed by atoms with van der Waals surface area (Å²) in [6.45, 7) is 9.88. The van der Waals surface area contributed by atoms with Gasteiger partial charge >= 0.3 is 0 Å². The number of fused-ring (bicyclic) bond motifs is 12. The monoisotopic (exact) mass is 799 g/mol. The van der Waals surface area contributed by atoms with Crippen LogP contribution in [0.1, 0.15) is 97.9 Å². The molecule has 302 valence electrons. The van der Waals surface area contributed by atoms with Gasteiger partial charge in [-0.05, 0) is 163 Å². The van der Waals surface area contributed by atoms with Crippen LogP contribution in [-0.2, 0) is 29.1 Å².